The van der Waals surface area contributed by atoms with Gasteiger partial charge in [0.15, 0.2) is 5.13 Å². The number of carbonyl (C=O) groups excluding carboxylic acids is 1. The molecule has 1 heterocycles. The third-order valence-electron chi connectivity index (χ3n) is 3.09. The summed E-state index contributed by atoms with van der Waals surface area (Å²) < 4.78 is 4.94. The summed E-state index contributed by atoms with van der Waals surface area (Å²) in [6.07, 6.45) is 3.48. The molecule has 1 aromatic heterocycles. The lowest BCUT2D eigenvalue weighted by Gasteiger charge is -2.04. The number of aromatic nitrogens is 1. The van der Waals surface area contributed by atoms with E-state index in [1.54, 1.807) is 7.11 Å². The monoisotopic (exact) mass is 313 g/mol. The summed E-state index contributed by atoms with van der Waals surface area (Å²) >= 11 is 1.27. The van der Waals surface area contributed by atoms with E-state index in [-0.39, 0.29) is 11.7 Å². The Kier molecular flexibility index (Phi) is 6.21. The molecule has 8 heteroatoms. The van der Waals surface area contributed by atoms with Crippen LogP contribution < -0.4 is 21.7 Å². The molecule has 1 amide bonds. The highest BCUT2D eigenvalue weighted by Gasteiger charge is 2.19. The molecule has 1 fully saturated rings. The third kappa shape index (κ3) is 5.49. The maximum absolute atomic E-state index is 12.0. The van der Waals surface area contributed by atoms with Crippen LogP contribution in [0, 0.1) is 0 Å². The Morgan fingerprint density at radius 1 is 1.43 bits per heavy atom. The van der Waals surface area contributed by atoms with E-state index in [9.17, 15) is 4.79 Å². The van der Waals surface area contributed by atoms with E-state index in [1.165, 1.54) is 24.2 Å². The number of nitrogens with two attached hydrogens (primary N) is 1. The summed E-state index contributed by atoms with van der Waals surface area (Å²) in [7, 11) is 1.63. The van der Waals surface area contributed by atoms with Gasteiger partial charge in [-0.25, -0.2) is 4.98 Å². The van der Waals surface area contributed by atoms with Crippen LogP contribution in [-0.2, 0) is 4.74 Å². The highest BCUT2D eigenvalue weighted by molar-refractivity contribution is 7.18. The lowest BCUT2D eigenvalue weighted by molar-refractivity contribution is 0.0958. The summed E-state index contributed by atoms with van der Waals surface area (Å²) in [5.74, 6) is 0.115. The van der Waals surface area contributed by atoms with Gasteiger partial charge >= 0.3 is 0 Å². The molecule has 0 aliphatic heterocycles. The van der Waals surface area contributed by atoms with E-state index >= 15 is 0 Å². The van der Waals surface area contributed by atoms with Gasteiger partial charge in [-0.15, -0.1) is 0 Å². The van der Waals surface area contributed by atoms with Crippen molar-refractivity contribution >= 4 is 28.2 Å². The van der Waals surface area contributed by atoms with Crippen LogP contribution in [-0.4, -0.2) is 50.3 Å². The Morgan fingerprint density at radius 3 is 2.95 bits per heavy atom. The van der Waals surface area contributed by atoms with Crippen molar-refractivity contribution < 1.29 is 9.53 Å². The number of rotatable bonds is 10. The number of amides is 1. The second kappa shape index (κ2) is 8.16. The molecule has 1 aliphatic carbocycles. The fourth-order valence-electron chi connectivity index (χ4n) is 1.79. The van der Waals surface area contributed by atoms with E-state index in [0.29, 0.717) is 35.7 Å². The molecule has 1 aromatic rings. The van der Waals surface area contributed by atoms with E-state index in [4.69, 9.17) is 10.5 Å². The van der Waals surface area contributed by atoms with Gasteiger partial charge in [0.2, 0.25) is 0 Å². The number of hydrogen-bond acceptors (Lipinski definition) is 7. The summed E-state index contributed by atoms with van der Waals surface area (Å²) in [4.78, 5) is 16.6. The van der Waals surface area contributed by atoms with Crippen LogP contribution in [0.2, 0.25) is 0 Å². The Labute approximate surface area is 128 Å². The first-order chi connectivity index (χ1) is 10.2. The molecule has 0 radical (unpaired) electrons. The van der Waals surface area contributed by atoms with Gasteiger partial charge in [-0.2, -0.15) is 0 Å². The van der Waals surface area contributed by atoms with Crippen molar-refractivity contribution in [1.29, 1.82) is 0 Å². The molecular formula is C13H23N5O2S. The molecule has 21 heavy (non-hydrogen) atoms. The molecule has 5 N–H and O–H groups in total. The fraction of sp³-hybridized carbons (Fsp3) is 0.692. The van der Waals surface area contributed by atoms with Crippen LogP contribution in [0.5, 0.6) is 0 Å². The smallest absolute Gasteiger partial charge is 0.265 e. The Balaban J connectivity index is 1.70. The highest BCUT2D eigenvalue weighted by atomic mass is 32.1. The number of nitrogen functional groups attached to an aromatic ring is 1. The van der Waals surface area contributed by atoms with Crippen molar-refractivity contribution in [3.05, 3.63) is 4.88 Å². The van der Waals surface area contributed by atoms with Crippen molar-refractivity contribution in [2.45, 2.75) is 25.3 Å². The van der Waals surface area contributed by atoms with Gasteiger partial charge in [-0.05, 0) is 25.8 Å². The van der Waals surface area contributed by atoms with Gasteiger partial charge in [0.05, 0.1) is 6.61 Å². The molecular weight excluding hydrogens is 290 g/mol. The van der Waals surface area contributed by atoms with Crippen molar-refractivity contribution in [3.8, 4) is 0 Å². The molecule has 0 aromatic carbocycles. The van der Waals surface area contributed by atoms with Gasteiger partial charge in [0.25, 0.3) is 5.91 Å². The van der Waals surface area contributed by atoms with Crippen molar-refractivity contribution in [3.63, 3.8) is 0 Å². The van der Waals surface area contributed by atoms with Gasteiger partial charge in [-0.1, -0.05) is 11.3 Å². The minimum Gasteiger partial charge on any atom is -0.383 e. The summed E-state index contributed by atoms with van der Waals surface area (Å²) in [6.45, 7) is 2.79. The van der Waals surface area contributed by atoms with Crippen molar-refractivity contribution in [2.75, 3.05) is 44.4 Å². The molecule has 2 rings (SSSR count). The second-order valence-corrected chi connectivity index (χ2v) is 5.99. The fourth-order valence-corrected chi connectivity index (χ4v) is 2.62. The first kappa shape index (κ1) is 16.0. The minimum absolute atomic E-state index is 0.156. The number of carbonyl (C=O) groups is 1. The maximum Gasteiger partial charge on any atom is 0.265 e. The molecule has 1 aliphatic rings. The van der Waals surface area contributed by atoms with E-state index in [0.717, 1.165) is 13.0 Å². The number of methoxy groups -OCH3 is 1. The Morgan fingerprint density at radius 2 is 2.24 bits per heavy atom. The molecule has 0 spiro atoms. The zero-order chi connectivity index (χ0) is 15.1. The predicted molar refractivity (Wildman–Crippen MR) is 84.9 cm³/mol. The summed E-state index contributed by atoms with van der Waals surface area (Å²) in [6, 6.07) is 0.707. The van der Waals surface area contributed by atoms with Crippen LogP contribution in [0.4, 0.5) is 10.9 Å². The van der Waals surface area contributed by atoms with Crippen LogP contribution in [0.1, 0.15) is 28.9 Å². The van der Waals surface area contributed by atoms with Crippen LogP contribution >= 0.6 is 11.3 Å². The Bertz CT molecular complexity index is 461. The van der Waals surface area contributed by atoms with Crippen LogP contribution in [0.15, 0.2) is 0 Å². The van der Waals surface area contributed by atoms with E-state index in [1.807, 2.05) is 0 Å². The Hall–Kier alpha value is -1.38. The molecule has 1 saturated carbocycles. The lowest BCUT2D eigenvalue weighted by Crippen LogP contribution is -2.27. The van der Waals surface area contributed by atoms with Crippen LogP contribution in [0.25, 0.3) is 0 Å². The molecule has 0 bridgehead atoms. The van der Waals surface area contributed by atoms with Gasteiger partial charge in [-0.3, -0.25) is 4.79 Å². The summed E-state index contributed by atoms with van der Waals surface area (Å²) in [5, 5.41) is 9.99. The number of anilines is 2. The topological polar surface area (TPSA) is 101 Å². The molecule has 118 valence electrons. The molecule has 0 saturated heterocycles. The second-order valence-electron chi connectivity index (χ2n) is 4.99. The molecule has 0 unspecified atom stereocenters. The van der Waals surface area contributed by atoms with Crippen molar-refractivity contribution in [1.82, 2.24) is 15.6 Å². The third-order valence-corrected chi connectivity index (χ3v) is 4.12. The van der Waals surface area contributed by atoms with E-state index < -0.39 is 0 Å². The standard InChI is InChI=1S/C13H23N5O2S/c1-20-8-7-17-13-18-11(14)10(21-13)12(19)16-6-2-5-15-9-3-4-9/h9,15H,2-8,14H2,1H3,(H,16,19)(H,17,18). The SMILES string of the molecule is COCCNc1nc(N)c(C(=O)NCCCNC2CC2)s1. The lowest BCUT2D eigenvalue weighted by atomic mass is 10.4. The highest BCUT2D eigenvalue weighted by Crippen LogP contribution is 2.24. The average molecular weight is 313 g/mol. The number of nitrogens with zero attached hydrogens (tertiary/aromatic N) is 1. The van der Waals surface area contributed by atoms with Crippen LogP contribution in [0.3, 0.4) is 0 Å². The minimum atomic E-state index is -0.156. The quantitative estimate of drug-likeness (QED) is 0.473. The number of thiazole rings is 1. The normalized spacial score (nSPS) is 14.1. The van der Waals surface area contributed by atoms with Gasteiger partial charge in [0.1, 0.15) is 10.7 Å². The van der Waals surface area contributed by atoms with Gasteiger partial charge in [0, 0.05) is 26.2 Å². The zero-order valence-corrected chi connectivity index (χ0v) is 13.1. The zero-order valence-electron chi connectivity index (χ0n) is 12.3. The summed E-state index contributed by atoms with van der Waals surface area (Å²) in [5.41, 5.74) is 5.78. The maximum atomic E-state index is 12.0. The predicted octanol–water partition coefficient (Wildman–Crippen LogP) is 0.656. The van der Waals surface area contributed by atoms with E-state index in [2.05, 4.69) is 20.9 Å². The average Bonchev–Trinajstić information content (AvgIpc) is 3.21. The number of nitrogens with one attached hydrogen (secondary N) is 3. The van der Waals surface area contributed by atoms with Crippen molar-refractivity contribution in [2.24, 2.45) is 0 Å². The largest absolute Gasteiger partial charge is 0.383 e. The molecule has 7 nitrogen and oxygen atoms in total. The first-order valence-electron chi connectivity index (χ1n) is 7.21. The number of hydrogen-bond donors (Lipinski definition) is 4. The molecule has 0 atom stereocenters. The van der Waals surface area contributed by atoms with Gasteiger partial charge < -0.3 is 26.4 Å². The number of ether oxygens (including phenoxy) is 1. The first-order valence-corrected chi connectivity index (χ1v) is 8.03.